The molecule has 0 spiro atoms. The van der Waals surface area contributed by atoms with Crippen LogP contribution in [0.15, 0.2) is 91.0 Å². The highest BCUT2D eigenvalue weighted by molar-refractivity contribution is 7.07. The third-order valence-electron chi connectivity index (χ3n) is 4.79. The quantitative estimate of drug-likeness (QED) is 0.341. The van der Waals surface area contributed by atoms with E-state index >= 15 is 0 Å². The van der Waals surface area contributed by atoms with Crippen LogP contribution < -0.4 is 15.6 Å². The van der Waals surface area contributed by atoms with Crippen molar-refractivity contribution in [3.05, 3.63) is 91.0 Å². The Bertz CT molecular complexity index is 735. The van der Waals surface area contributed by atoms with Gasteiger partial charge in [0, 0.05) is 6.42 Å². The van der Waals surface area contributed by atoms with Crippen molar-refractivity contribution in [2.75, 3.05) is 0 Å². The first kappa shape index (κ1) is 19.1. The molecular formula is C24H26O2Si. The Morgan fingerprint density at radius 3 is 1.48 bits per heavy atom. The van der Waals surface area contributed by atoms with E-state index in [1.54, 1.807) is 0 Å². The molecule has 0 aromatic heterocycles. The molecule has 3 aromatic rings. The number of hydrogen-bond acceptors (Lipinski definition) is 2. The van der Waals surface area contributed by atoms with E-state index in [0.717, 1.165) is 34.8 Å². The van der Waals surface area contributed by atoms with Gasteiger partial charge in [-0.1, -0.05) is 111 Å². The van der Waals surface area contributed by atoms with Crippen LogP contribution in [0.2, 0.25) is 0 Å². The van der Waals surface area contributed by atoms with Crippen molar-refractivity contribution in [1.82, 2.24) is 0 Å². The van der Waals surface area contributed by atoms with Crippen LogP contribution in [0.5, 0.6) is 0 Å². The molecule has 2 nitrogen and oxygen atoms in total. The lowest BCUT2D eigenvalue weighted by Gasteiger charge is -2.32. The molecule has 0 fully saturated rings. The zero-order valence-electron chi connectivity index (χ0n) is 15.8. The van der Waals surface area contributed by atoms with Crippen molar-refractivity contribution in [2.24, 2.45) is 0 Å². The molecule has 0 N–H and O–H groups in total. The van der Waals surface area contributed by atoms with E-state index in [1.165, 1.54) is 0 Å². The van der Waals surface area contributed by atoms with E-state index < -0.39 is 8.32 Å². The maximum absolute atomic E-state index is 12.9. The predicted molar refractivity (Wildman–Crippen MR) is 114 cm³/mol. The zero-order valence-corrected chi connectivity index (χ0v) is 16.8. The van der Waals surface area contributed by atoms with Gasteiger partial charge in [-0.05, 0) is 22.0 Å². The summed E-state index contributed by atoms with van der Waals surface area (Å²) in [5, 5.41) is 3.27. The Labute approximate surface area is 163 Å². The molecule has 0 aliphatic rings. The molecule has 0 saturated carbocycles. The molecule has 3 aromatic carbocycles. The van der Waals surface area contributed by atoms with Gasteiger partial charge < -0.3 is 4.43 Å². The minimum Gasteiger partial charge on any atom is -0.506 e. The minimum absolute atomic E-state index is 0.105. The molecular weight excluding hydrogens is 348 g/mol. The summed E-state index contributed by atoms with van der Waals surface area (Å²) in [6.07, 6.45) is 3.48. The van der Waals surface area contributed by atoms with E-state index in [9.17, 15) is 4.79 Å². The van der Waals surface area contributed by atoms with Crippen molar-refractivity contribution < 1.29 is 9.22 Å². The van der Waals surface area contributed by atoms with Crippen molar-refractivity contribution in [1.29, 1.82) is 0 Å². The van der Waals surface area contributed by atoms with Gasteiger partial charge in [-0.25, -0.2) is 0 Å². The number of carbonyl (C=O) groups is 1. The van der Waals surface area contributed by atoms with Crippen LogP contribution >= 0.6 is 0 Å². The molecule has 0 heterocycles. The maximum atomic E-state index is 12.9. The molecule has 0 atom stereocenters. The summed E-state index contributed by atoms with van der Waals surface area (Å²) < 4.78 is 6.44. The fraction of sp³-hybridized carbons (Fsp3) is 0.208. The fourth-order valence-corrected chi connectivity index (χ4v) is 7.22. The fourth-order valence-electron chi connectivity index (χ4n) is 3.44. The second kappa shape index (κ2) is 9.33. The maximum Gasteiger partial charge on any atom is 0.350 e. The molecule has 0 aliphatic carbocycles. The summed E-state index contributed by atoms with van der Waals surface area (Å²) in [6, 6.07) is 30.7. The average Bonchev–Trinajstić information content (AvgIpc) is 2.74. The second-order valence-corrected chi connectivity index (χ2v) is 10.0. The topological polar surface area (TPSA) is 26.3 Å². The Balaban J connectivity index is 2.12. The standard InChI is InChI=1S/C24H26O2Si/c1-2-3-7-20-24(25)26-27(21-14-8-4-9-15-21,22-16-10-5-11-17-22)23-18-12-6-13-19-23/h4-6,8-19H,2-3,7,20H2,1H3. The molecule has 138 valence electrons. The lowest BCUT2D eigenvalue weighted by atomic mass is 10.2. The van der Waals surface area contributed by atoms with Gasteiger partial charge in [0.15, 0.2) is 0 Å². The third-order valence-corrected chi connectivity index (χ3v) is 8.77. The van der Waals surface area contributed by atoms with Gasteiger partial charge in [-0.15, -0.1) is 0 Å². The van der Waals surface area contributed by atoms with Crippen LogP contribution in [0.4, 0.5) is 0 Å². The van der Waals surface area contributed by atoms with Gasteiger partial charge in [0.2, 0.25) is 0 Å². The van der Waals surface area contributed by atoms with Crippen molar-refractivity contribution in [3.63, 3.8) is 0 Å². The SMILES string of the molecule is CCCCCC(=O)O[Si](c1ccccc1)(c1ccccc1)c1ccccc1. The Morgan fingerprint density at radius 2 is 1.11 bits per heavy atom. The van der Waals surface area contributed by atoms with Crippen molar-refractivity contribution in [3.8, 4) is 0 Å². The highest BCUT2D eigenvalue weighted by Crippen LogP contribution is 2.12. The number of carbonyl (C=O) groups excluding carboxylic acids is 1. The smallest absolute Gasteiger partial charge is 0.350 e. The van der Waals surface area contributed by atoms with Gasteiger partial charge in [-0.3, -0.25) is 4.79 Å². The van der Waals surface area contributed by atoms with Gasteiger partial charge in [0.05, 0.1) is 0 Å². The first-order chi connectivity index (χ1) is 13.3. The Kier molecular flexibility index (Phi) is 6.61. The molecule has 27 heavy (non-hydrogen) atoms. The molecule has 3 heteroatoms. The highest BCUT2D eigenvalue weighted by Gasteiger charge is 2.45. The lowest BCUT2D eigenvalue weighted by molar-refractivity contribution is -0.134. The van der Waals surface area contributed by atoms with E-state index in [4.69, 9.17) is 4.43 Å². The van der Waals surface area contributed by atoms with Gasteiger partial charge in [0.25, 0.3) is 5.97 Å². The molecule has 3 rings (SSSR count). The third kappa shape index (κ3) is 4.37. The monoisotopic (exact) mass is 374 g/mol. The van der Waals surface area contributed by atoms with E-state index in [0.29, 0.717) is 6.42 Å². The normalized spacial score (nSPS) is 11.1. The van der Waals surface area contributed by atoms with Crippen LogP contribution in [0.25, 0.3) is 0 Å². The summed E-state index contributed by atoms with van der Waals surface area (Å²) >= 11 is 0. The highest BCUT2D eigenvalue weighted by atomic mass is 28.4. The first-order valence-electron chi connectivity index (χ1n) is 9.66. The van der Waals surface area contributed by atoms with Gasteiger partial charge in [-0.2, -0.15) is 0 Å². The van der Waals surface area contributed by atoms with Crippen LogP contribution in [0.1, 0.15) is 32.6 Å². The van der Waals surface area contributed by atoms with E-state index in [1.807, 2.05) is 54.6 Å². The molecule has 0 unspecified atom stereocenters. The van der Waals surface area contributed by atoms with E-state index in [-0.39, 0.29) is 5.97 Å². The van der Waals surface area contributed by atoms with Crippen LogP contribution in [-0.2, 0) is 9.22 Å². The largest absolute Gasteiger partial charge is 0.506 e. The van der Waals surface area contributed by atoms with Crippen LogP contribution in [0.3, 0.4) is 0 Å². The summed E-state index contributed by atoms with van der Waals surface area (Å²) in [5.74, 6) is -0.105. The summed E-state index contributed by atoms with van der Waals surface area (Å²) in [7, 11) is -2.90. The summed E-state index contributed by atoms with van der Waals surface area (Å²) in [6.45, 7) is 2.14. The minimum atomic E-state index is -2.90. The lowest BCUT2D eigenvalue weighted by Crippen LogP contribution is -2.70. The average molecular weight is 375 g/mol. The summed E-state index contributed by atoms with van der Waals surface area (Å²) in [5.41, 5.74) is 0. The first-order valence-corrected chi connectivity index (χ1v) is 11.6. The molecule has 0 aliphatic heterocycles. The van der Waals surface area contributed by atoms with Crippen LogP contribution in [-0.4, -0.2) is 14.3 Å². The number of benzene rings is 3. The predicted octanol–water partition coefficient (Wildman–Crippen LogP) is 3.78. The van der Waals surface area contributed by atoms with Gasteiger partial charge in [0.1, 0.15) is 0 Å². The molecule has 0 radical (unpaired) electrons. The van der Waals surface area contributed by atoms with Gasteiger partial charge >= 0.3 is 8.32 Å². The Morgan fingerprint density at radius 1 is 0.704 bits per heavy atom. The second-order valence-electron chi connectivity index (χ2n) is 6.71. The van der Waals surface area contributed by atoms with Crippen LogP contribution in [0, 0.1) is 0 Å². The van der Waals surface area contributed by atoms with E-state index in [2.05, 4.69) is 43.3 Å². The van der Waals surface area contributed by atoms with Crippen molar-refractivity contribution >= 4 is 29.8 Å². The summed E-state index contributed by atoms with van der Waals surface area (Å²) in [4.78, 5) is 12.9. The van der Waals surface area contributed by atoms with Crippen molar-refractivity contribution in [2.45, 2.75) is 32.6 Å². The molecule has 0 amide bonds. The number of rotatable bonds is 8. The Hall–Kier alpha value is -2.65. The molecule has 0 bridgehead atoms. The number of hydrogen-bond donors (Lipinski definition) is 0. The zero-order chi connectivity index (χ0) is 19.0. The number of unbranched alkanes of at least 4 members (excludes halogenated alkanes) is 2. The molecule has 0 saturated heterocycles.